The third-order valence-electron chi connectivity index (χ3n) is 5.01. The Morgan fingerprint density at radius 3 is 2.27 bits per heavy atom. The summed E-state index contributed by atoms with van der Waals surface area (Å²) in [4.78, 5) is 13.4. The van der Waals surface area contributed by atoms with E-state index in [9.17, 15) is 4.79 Å². The summed E-state index contributed by atoms with van der Waals surface area (Å²) >= 11 is 7.43. The second-order valence-electron chi connectivity index (χ2n) is 6.93. The number of nitrogens with one attached hydrogen (secondary N) is 1. The SMILES string of the molecule is O=C(c1ccc(Cl)cc1)C1Sc2nnc(-c3ccccc3)n2NC1c1ccccc1. The summed E-state index contributed by atoms with van der Waals surface area (Å²) < 4.78 is 1.88. The minimum absolute atomic E-state index is 0.0218. The normalized spacial score (nSPS) is 17.8. The number of carbonyl (C=O) groups excluding carboxylic acids is 1. The van der Waals surface area contributed by atoms with Crippen LogP contribution >= 0.6 is 23.4 Å². The van der Waals surface area contributed by atoms with Gasteiger partial charge in [0.05, 0.1) is 6.04 Å². The summed E-state index contributed by atoms with van der Waals surface area (Å²) in [6.45, 7) is 0. The van der Waals surface area contributed by atoms with E-state index in [4.69, 9.17) is 11.6 Å². The average molecular weight is 433 g/mol. The van der Waals surface area contributed by atoms with Crippen molar-refractivity contribution in [3.63, 3.8) is 0 Å². The van der Waals surface area contributed by atoms with Gasteiger partial charge in [-0.3, -0.25) is 4.79 Å². The third kappa shape index (κ3) is 3.49. The molecule has 4 aromatic rings. The molecule has 30 heavy (non-hydrogen) atoms. The van der Waals surface area contributed by atoms with Crippen LogP contribution in [0, 0.1) is 0 Å². The van der Waals surface area contributed by atoms with Crippen molar-refractivity contribution in [2.75, 3.05) is 5.43 Å². The lowest BCUT2D eigenvalue weighted by Gasteiger charge is -2.33. The molecule has 0 aliphatic carbocycles. The molecular weight excluding hydrogens is 416 g/mol. The van der Waals surface area contributed by atoms with Crippen LogP contribution in [0.4, 0.5) is 0 Å². The molecule has 7 heteroatoms. The largest absolute Gasteiger partial charge is 0.313 e. The maximum Gasteiger partial charge on any atom is 0.211 e. The van der Waals surface area contributed by atoms with E-state index in [-0.39, 0.29) is 11.8 Å². The quantitative estimate of drug-likeness (QED) is 0.447. The zero-order valence-corrected chi connectivity index (χ0v) is 17.3. The van der Waals surface area contributed by atoms with Crippen molar-refractivity contribution in [1.29, 1.82) is 0 Å². The summed E-state index contributed by atoms with van der Waals surface area (Å²) in [5.41, 5.74) is 6.10. The lowest BCUT2D eigenvalue weighted by Crippen LogP contribution is -2.39. The van der Waals surface area contributed by atoms with Crippen molar-refractivity contribution >= 4 is 29.1 Å². The molecule has 1 N–H and O–H groups in total. The molecule has 1 aromatic heterocycles. The molecule has 5 rings (SSSR count). The van der Waals surface area contributed by atoms with Crippen LogP contribution < -0.4 is 5.43 Å². The number of rotatable bonds is 4. The van der Waals surface area contributed by atoms with Gasteiger partial charge in [-0.05, 0) is 29.8 Å². The molecule has 0 fully saturated rings. The van der Waals surface area contributed by atoms with Crippen LogP contribution in [0.1, 0.15) is 22.0 Å². The van der Waals surface area contributed by atoms with Crippen molar-refractivity contribution in [1.82, 2.24) is 14.9 Å². The van der Waals surface area contributed by atoms with E-state index in [1.54, 1.807) is 24.3 Å². The number of benzene rings is 3. The van der Waals surface area contributed by atoms with Crippen molar-refractivity contribution in [2.45, 2.75) is 16.4 Å². The number of hydrogen-bond acceptors (Lipinski definition) is 5. The summed E-state index contributed by atoms with van der Waals surface area (Å²) in [6, 6.07) is 26.6. The van der Waals surface area contributed by atoms with E-state index in [1.165, 1.54) is 11.8 Å². The fraction of sp³-hybridized carbons (Fsp3) is 0.0870. The van der Waals surface area contributed by atoms with Gasteiger partial charge >= 0.3 is 0 Å². The first kappa shape index (κ1) is 18.9. The molecule has 0 saturated heterocycles. The predicted octanol–water partition coefficient (Wildman–Crippen LogP) is 5.24. The number of nitrogens with zero attached hydrogens (tertiary/aromatic N) is 3. The second kappa shape index (κ2) is 7.97. The minimum atomic E-state index is -0.395. The fourth-order valence-corrected chi connectivity index (χ4v) is 4.80. The molecule has 0 radical (unpaired) electrons. The molecule has 0 amide bonds. The molecule has 1 aliphatic rings. The van der Waals surface area contributed by atoms with Gasteiger partial charge in [-0.1, -0.05) is 84.0 Å². The highest BCUT2D eigenvalue weighted by molar-refractivity contribution is 8.00. The Bertz CT molecular complexity index is 1180. The highest BCUT2D eigenvalue weighted by Gasteiger charge is 2.38. The van der Waals surface area contributed by atoms with E-state index in [2.05, 4.69) is 15.6 Å². The summed E-state index contributed by atoms with van der Waals surface area (Å²) in [5, 5.41) is 9.59. The molecule has 0 bridgehead atoms. The van der Waals surface area contributed by atoms with Crippen LogP contribution in [-0.4, -0.2) is 25.9 Å². The van der Waals surface area contributed by atoms with E-state index >= 15 is 0 Å². The molecular formula is C23H17ClN4OS. The molecule has 148 valence electrons. The number of thioether (sulfide) groups is 1. The Morgan fingerprint density at radius 2 is 1.57 bits per heavy atom. The molecule has 0 saturated carbocycles. The first-order chi connectivity index (χ1) is 14.7. The zero-order valence-electron chi connectivity index (χ0n) is 15.8. The van der Waals surface area contributed by atoms with E-state index in [1.807, 2.05) is 65.3 Å². The standard InChI is InChI=1S/C23H17ClN4OS/c24-18-13-11-16(12-14-18)20(29)21-19(15-7-3-1-4-8-15)27-28-22(25-26-23(28)30-21)17-9-5-2-6-10-17/h1-14,19,21,27H. The molecule has 2 unspecified atom stereocenters. The van der Waals surface area contributed by atoms with Gasteiger partial charge < -0.3 is 5.43 Å². The van der Waals surface area contributed by atoms with Crippen LogP contribution in [0.5, 0.6) is 0 Å². The van der Waals surface area contributed by atoms with Crippen LogP contribution in [0.15, 0.2) is 90.1 Å². The van der Waals surface area contributed by atoms with E-state index < -0.39 is 5.25 Å². The third-order valence-corrected chi connectivity index (χ3v) is 6.48. The van der Waals surface area contributed by atoms with E-state index in [0.29, 0.717) is 15.7 Å². The number of ketones is 1. The zero-order chi connectivity index (χ0) is 20.5. The highest BCUT2D eigenvalue weighted by atomic mass is 35.5. The molecule has 1 aliphatic heterocycles. The van der Waals surface area contributed by atoms with Gasteiger partial charge in [-0.2, -0.15) is 0 Å². The van der Waals surface area contributed by atoms with Crippen molar-refractivity contribution in [2.24, 2.45) is 0 Å². The first-order valence-electron chi connectivity index (χ1n) is 9.49. The molecule has 0 spiro atoms. The minimum Gasteiger partial charge on any atom is -0.313 e. The van der Waals surface area contributed by atoms with Gasteiger partial charge in [0.1, 0.15) is 5.25 Å². The van der Waals surface area contributed by atoms with Gasteiger partial charge in [0.2, 0.25) is 5.16 Å². The fourth-order valence-electron chi connectivity index (χ4n) is 3.52. The second-order valence-corrected chi connectivity index (χ2v) is 8.48. The summed E-state index contributed by atoms with van der Waals surface area (Å²) in [5.74, 6) is 0.741. The number of carbonyl (C=O) groups is 1. The lowest BCUT2D eigenvalue weighted by atomic mass is 9.97. The van der Waals surface area contributed by atoms with Crippen LogP contribution in [-0.2, 0) is 0 Å². The van der Waals surface area contributed by atoms with Crippen molar-refractivity contribution in [3.05, 3.63) is 101 Å². The Labute approximate surface area is 183 Å². The van der Waals surface area contributed by atoms with Gasteiger partial charge in [0.25, 0.3) is 0 Å². The van der Waals surface area contributed by atoms with Crippen molar-refractivity contribution in [3.8, 4) is 11.4 Å². The Morgan fingerprint density at radius 1 is 0.900 bits per heavy atom. The summed E-state index contributed by atoms with van der Waals surface area (Å²) in [6.07, 6.45) is 0. The predicted molar refractivity (Wildman–Crippen MR) is 119 cm³/mol. The Kier molecular flexibility index (Phi) is 5.02. The van der Waals surface area contributed by atoms with Gasteiger partial charge in [-0.25, -0.2) is 4.68 Å². The van der Waals surface area contributed by atoms with Gasteiger partial charge in [0, 0.05) is 16.1 Å². The van der Waals surface area contributed by atoms with Gasteiger partial charge in [0.15, 0.2) is 11.6 Å². The number of halogens is 1. The maximum atomic E-state index is 13.4. The van der Waals surface area contributed by atoms with Crippen LogP contribution in [0.3, 0.4) is 0 Å². The average Bonchev–Trinajstić information content (AvgIpc) is 3.22. The number of aromatic nitrogens is 3. The number of Topliss-reactive ketones (excluding diaryl/α,β-unsaturated/α-hetero) is 1. The lowest BCUT2D eigenvalue weighted by molar-refractivity contribution is 0.0980. The summed E-state index contributed by atoms with van der Waals surface area (Å²) in [7, 11) is 0. The van der Waals surface area contributed by atoms with Crippen molar-refractivity contribution < 1.29 is 4.79 Å². The van der Waals surface area contributed by atoms with Crippen LogP contribution in [0.25, 0.3) is 11.4 Å². The number of fused-ring (bicyclic) bond motifs is 1. The molecule has 3 aromatic carbocycles. The molecule has 5 nitrogen and oxygen atoms in total. The molecule has 2 heterocycles. The van der Waals surface area contributed by atoms with E-state index in [0.717, 1.165) is 17.0 Å². The Hall–Kier alpha value is -3.09. The number of hydrogen-bond donors (Lipinski definition) is 1. The smallest absolute Gasteiger partial charge is 0.211 e. The first-order valence-corrected chi connectivity index (χ1v) is 10.8. The Balaban J connectivity index is 1.57. The van der Waals surface area contributed by atoms with Gasteiger partial charge in [-0.15, -0.1) is 10.2 Å². The topological polar surface area (TPSA) is 59.8 Å². The monoisotopic (exact) mass is 432 g/mol. The maximum absolute atomic E-state index is 13.4. The highest BCUT2D eigenvalue weighted by Crippen LogP contribution is 2.40. The van der Waals surface area contributed by atoms with Crippen LogP contribution in [0.2, 0.25) is 5.02 Å². The molecule has 2 atom stereocenters.